The summed E-state index contributed by atoms with van der Waals surface area (Å²) in [7, 11) is 0. The van der Waals surface area contributed by atoms with E-state index < -0.39 is 0 Å². The summed E-state index contributed by atoms with van der Waals surface area (Å²) in [5, 5.41) is 1.28. The van der Waals surface area contributed by atoms with Gasteiger partial charge in [-0.05, 0) is 110 Å². The van der Waals surface area contributed by atoms with Crippen LogP contribution in [0.1, 0.15) is 102 Å². The molecule has 2 aromatic rings. The second-order valence-electron chi connectivity index (χ2n) is 10.5. The zero-order chi connectivity index (χ0) is 22.5. The van der Waals surface area contributed by atoms with Gasteiger partial charge in [-0.25, -0.2) is 8.78 Å². The smallest absolute Gasteiger partial charge is 0.131 e. The van der Waals surface area contributed by atoms with Crippen molar-refractivity contribution in [1.29, 1.82) is 0 Å². The number of unbranched alkanes of at least 4 members (excludes halogenated alkanes) is 2. The minimum Gasteiger partial charge on any atom is -0.207 e. The van der Waals surface area contributed by atoms with Gasteiger partial charge in [-0.1, -0.05) is 57.2 Å². The molecule has 0 amide bonds. The van der Waals surface area contributed by atoms with Gasteiger partial charge in [-0.3, -0.25) is 0 Å². The molecular formula is C30H40F2. The van der Waals surface area contributed by atoms with Crippen LogP contribution in [0.3, 0.4) is 0 Å². The van der Waals surface area contributed by atoms with Crippen molar-refractivity contribution in [3.63, 3.8) is 0 Å². The summed E-state index contributed by atoms with van der Waals surface area (Å²) in [6.07, 6.45) is 18.6. The Morgan fingerprint density at radius 3 is 2.53 bits per heavy atom. The van der Waals surface area contributed by atoms with Crippen LogP contribution in [0, 0.1) is 29.4 Å². The quantitative estimate of drug-likeness (QED) is 0.284. The molecule has 4 unspecified atom stereocenters. The van der Waals surface area contributed by atoms with Crippen LogP contribution >= 0.6 is 0 Å². The fourth-order valence-corrected chi connectivity index (χ4v) is 6.50. The Morgan fingerprint density at radius 1 is 0.906 bits per heavy atom. The van der Waals surface area contributed by atoms with E-state index in [1.807, 2.05) is 25.1 Å². The summed E-state index contributed by atoms with van der Waals surface area (Å²) in [4.78, 5) is 0. The first-order chi connectivity index (χ1) is 15.6. The number of hydrogen-bond donors (Lipinski definition) is 0. The standard InChI is InChI=1S/C30H40F2/c1-3-5-7-9-21-11-12-24-18-25(14-13-23(24)15-21)27-20-28-26(19-30(27)32)16-22(17-29(28)31)10-8-6-4-2/h4,6,16-17,19-21,23-25H,3,5,7-15,18H2,1-2H3. The minimum absolute atomic E-state index is 0.140. The molecule has 0 heterocycles. The molecule has 0 nitrogen and oxygen atoms in total. The monoisotopic (exact) mass is 438 g/mol. The van der Waals surface area contributed by atoms with Gasteiger partial charge in [0, 0.05) is 5.39 Å². The number of hydrogen-bond acceptors (Lipinski definition) is 0. The number of aryl methyl sites for hydroxylation is 1. The van der Waals surface area contributed by atoms with Crippen LogP contribution in [0.4, 0.5) is 8.78 Å². The second kappa shape index (κ2) is 10.9. The van der Waals surface area contributed by atoms with Gasteiger partial charge in [0.15, 0.2) is 0 Å². The molecule has 0 saturated heterocycles. The Bertz CT molecular complexity index is 928. The molecule has 0 N–H and O–H groups in total. The Balaban J connectivity index is 1.45. The van der Waals surface area contributed by atoms with Crippen LogP contribution < -0.4 is 0 Å². The van der Waals surface area contributed by atoms with Gasteiger partial charge in [-0.15, -0.1) is 0 Å². The first-order valence-corrected chi connectivity index (χ1v) is 13.1. The van der Waals surface area contributed by atoms with Crippen molar-refractivity contribution in [2.75, 3.05) is 0 Å². The van der Waals surface area contributed by atoms with Crippen molar-refractivity contribution in [2.45, 2.75) is 96.8 Å². The van der Waals surface area contributed by atoms with Gasteiger partial charge in [0.2, 0.25) is 0 Å². The molecule has 2 aromatic carbocycles. The first-order valence-electron chi connectivity index (χ1n) is 13.1. The third kappa shape index (κ3) is 5.43. The minimum atomic E-state index is -0.208. The number of fused-ring (bicyclic) bond motifs is 2. The normalized spacial score (nSPS) is 26.0. The van der Waals surface area contributed by atoms with Crippen molar-refractivity contribution < 1.29 is 8.78 Å². The van der Waals surface area contributed by atoms with E-state index in [2.05, 4.69) is 13.0 Å². The molecule has 0 bridgehead atoms. The number of benzene rings is 2. The van der Waals surface area contributed by atoms with Gasteiger partial charge in [0.05, 0.1) is 0 Å². The summed E-state index contributed by atoms with van der Waals surface area (Å²) in [6.45, 7) is 4.27. The van der Waals surface area contributed by atoms with Gasteiger partial charge in [0.1, 0.15) is 11.6 Å². The van der Waals surface area contributed by atoms with Crippen molar-refractivity contribution in [1.82, 2.24) is 0 Å². The van der Waals surface area contributed by atoms with Crippen molar-refractivity contribution in [2.24, 2.45) is 17.8 Å². The third-order valence-corrected chi connectivity index (χ3v) is 8.29. The van der Waals surface area contributed by atoms with E-state index in [-0.39, 0.29) is 17.6 Å². The molecule has 174 valence electrons. The van der Waals surface area contributed by atoms with Gasteiger partial charge >= 0.3 is 0 Å². The lowest BCUT2D eigenvalue weighted by Crippen LogP contribution is -2.30. The van der Waals surface area contributed by atoms with E-state index in [9.17, 15) is 4.39 Å². The molecule has 2 fully saturated rings. The molecule has 32 heavy (non-hydrogen) atoms. The predicted molar refractivity (Wildman–Crippen MR) is 132 cm³/mol. The summed E-state index contributed by atoms with van der Waals surface area (Å²) in [5.41, 5.74) is 1.69. The molecule has 0 aromatic heterocycles. The summed E-state index contributed by atoms with van der Waals surface area (Å²) < 4.78 is 30.1. The molecule has 2 aliphatic rings. The lowest BCUT2D eigenvalue weighted by Gasteiger charge is -2.42. The zero-order valence-corrected chi connectivity index (χ0v) is 20.0. The van der Waals surface area contributed by atoms with Gasteiger partial charge in [0.25, 0.3) is 0 Å². The van der Waals surface area contributed by atoms with Gasteiger partial charge in [-0.2, -0.15) is 0 Å². The Labute approximate surface area is 193 Å². The first kappa shape index (κ1) is 23.5. The molecule has 4 rings (SSSR count). The SMILES string of the molecule is CC=CCCc1cc(F)c2cc(C3CCC4CC(CCCCC)CCC4C3)c(F)cc2c1. The maximum absolute atomic E-state index is 15.2. The van der Waals surface area contributed by atoms with E-state index in [1.165, 1.54) is 51.4 Å². The molecule has 2 saturated carbocycles. The average Bonchev–Trinajstić information content (AvgIpc) is 2.79. The summed E-state index contributed by atoms with van der Waals surface area (Å²) in [5.74, 6) is 2.36. The molecular weight excluding hydrogens is 398 g/mol. The number of halogens is 2. The Hall–Kier alpha value is -1.70. The fraction of sp³-hybridized carbons (Fsp3) is 0.600. The highest BCUT2D eigenvalue weighted by Gasteiger charge is 2.36. The van der Waals surface area contributed by atoms with Gasteiger partial charge < -0.3 is 0 Å². The molecule has 0 aliphatic heterocycles. The molecule has 2 heteroatoms. The van der Waals surface area contributed by atoms with E-state index in [0.717, 1.165) is 54.6 Å². The Morgan fingerprint density at radius 2 is 1.72 bits per heavy atom. The predicted octanol–water partition coefficient (Wildman–Crippen LogP) is 9.51. The molecule has 2 aliphatic carbocycles. The number of allylic oxidation sites excluding steroid dienone is 2. The highest BCUT2D eigenvalue weighted by molar-refractivity contribution is 5.85. The maximum Gasteiger partial charge on any atom is 0.131 e. The third-order valence-electron chi connectivity index (χ3n) is 8.29. The fourth-order valence-electron chi connectivity index (χ4n) is 6.50. The average molecular weight is 439 g/mol. The van der Waals surface area contributed by atoms with Crippen molar-refractivity contribution in [3.05, 3.63) is 59.2 Å². The van der Waals surface area contributed by atoms with E-state index in [4.69, 9.17) is 0 Å². The lowest BCUT2D eigenvalue weighted by molar-refractivity contribution is 0.112. The van der Waals surface area contributed by atoms with Crippen molar-refractivity contribution >= 4 is 10.8 Å². The maximum atomic E-state index is 15.2. The number of rotatable bonds is 8. The molecule has 4 atom stereocenters. The molecule has 0 radical (unpaired) electrons. The highest BCUT2D eigenvalue weighted by atomic mass is 19.1. The van der Waals surface area contributed by atoms with Crippen LogP contribution in [0.2, 0.25) is 0 Å². The van der Waals surface area contributed by atoms with E-state index in [0.29, 0.717) is 10.8 Å². The van der Waals surface area contributed by atoms with E-state index >= 15 is 4.39 Å². The van der Waals surface area contributed by atoms with Crippen LogP contribution in [0.25, 0.3) is 10.8 Å². The summed E-state index contributed by atoms with van der Waals surface area (Å²) >= 11 is 0. The van der Waals surface area contributed by atoms with E-state index in [1.54, 1.807) is 12.1 Å². The van der Waals surface area contributed by atoms with Crippen molar-refractivity contribution in [3.8, 4) is 0 Å². The molecule has 0 spiro atoms. The lowest BCUT2D eigenvalue weighted by atomic mass is 9.63. The van der Waals surface area contributed by atoms with Crippen LogP contribution in [-0.2, 0) is 6.42 Å². The van der Waals surface area contributed by atoms with Crippen LogP contribution in [0.15, 0.2) is 36.4 Å². The van der Waals surface area contributed by atoms with Crippen LogP contribution in [0.5, 0.6) is 0 Å². The summed E-state index contributed by atoms with van der Waals surface area (Å²) in [6, 6.07) is 7.02. The van der Waals surface area contributed by atoms with Crippen LogP contribution in [-0.4, -0.2) is 0 Å². The zero-order valence-electron chi connectivity index (χ0n) is 20.0. The highest BCUT2D eigenvalue weighted by Crippen LogP contribution is 2.49. The topological polar surface area (TPSA) is 0 Å². The second-order valence-corrected chi connectivity index (χ2v) is 10.5. The Kier molecular flexibility index (Phi) is 8.02. The largest absolute Gasteiger partial charge is 0.207 e.